The normalized spacial score (nSPS) is 22.2. The number of cyclic esters (lactones) is 1. The Morgan fingerprint density at radius 1 is 1.58 bits per heavy atom. The minimum absolute atomic E-state index is 0.200. The van der Waals surface area contributed by atoms with Gasteiger partial charge in [0.1, 0.15) is 12.3 Å². The third kappa shape index (κ3) is 2.62. The monoisotopic (exact) mass is 265 g/mol. The van der Waals surface area contributed by atoms with Crippen molar-refractivity contribution in [3.8, 4) is 5.75 Å². The largest absolute Gasteiger partial charge is 0.497 e. The van der Waals surface area contributed by atoms with Crippen molar-refractivity contribution >= 4 is 12.1 Å². The average Bonchev–Trinajstić information content (AvgIpc) is 2.65. The number of carboxylic acid groups (broad SMARTS) is 1. The molecule has 0 aliphatic carbocycles. The molecule has 6 nitrogen and oxygen atoms in total. The summed E-state index contributed by atoms with van der Waals surface area (Å²) in [5, 5.41) is 8.75. The lowest BCUT2D eigenvalue weighted by atomic mass is 9.96. The molecule has 1 aliphatic heterocycles. The number of hydrogen-bond acceptors (Lipinski definition) is 4. The molecule has 1 fully saturated rings. The Balaban J connectivity index is 2.24. The predicted octanol–water partition coefficient (Wildman–Crippen LogP) is 1.45. The lowest BCUT2D eigenvalue weighted by Gasteiger charge is -2.22. The van der Waals surface area contributed by atoms with Gasteiger partial charge in [0.15, 0.2) is 5.60 Å². The number of ether oxygens (including phenoxy) is 2. The van der Waals surface area contributed by atoms with Crippen LogP contribution in [0, 0.1) is 0 Å². The predicted molar refractivity (Wildman–Crippen MR) is 66.0 cm³/mol. The molecule has 1 saturated heterocycles. The van der Waals surface area contributed by atoms with E-state index in [9.17, 15) is 9.59 Å². The van der Waals surface area contributed by atoms with Crippen LogP contribution in [0.2, 0.25) is 0 Å². The molecule has 6 heteroatoms. The first-order valence-corrected chi connectivity index (χ1v) is 5.79. The molecule has 0 aromatic heterocycles. The van der Waals surface area contributed by atoms with Gasteiger partial charge in [-0.15, -0.1) is 0 Å². The van der Waals surface area contributed by atoms with E-state index >= 15 is 0 Å². The summed E-state index contributed by atoms with van der Waals surface area (Å²) in [4.78, 5) is 23.5. The van der Waals surface area contributed by atoms with Crippen molar-refractivity contribution in [3.05, 3.63) is 29.8 Å². The Hall–Kier alpha value is -2.24. The standard InChI is InChI=1S/C13H15NO5/c1-13(9-4-3-5-10(6-9)18-2)8-14(7-11(15)16)12(17)19-13/h3-6H,7-8H2,1-2H3,(H,15,16). The highest BCUT2D eigenvalue weighted by molar-refractivity contribution is 5.78. The van der Waals surface area contributed by atoms with Crippen molar-refractivity contribution < 1.29 is 24.2 Å². The van der Waals surface area contributed by atoms with Gasteiger partial charge in [0.2, 0.25) is 0 Å². The average molecular weight is 265 g/mol. The molecule has 1 aromatic carbocycles. The first-order chi connectivity index (χ1) is 8.94. The van der Waals surface area contributed by atoms with Crippen LogP contribution in [0.15, 0.2) is 24.3 Å². The summed E-state index contributed by atoms with van der Waals surface area (Å²) in [5.41, 5.74) is -0.0887. The van der Waals surface area contributed by atoms with Crippen LogP contribution < -0.4 is 4.74 Å². The molecule has 19 heavy (non-hydrogen) atoms. The summed E-state index contributed by atoms with van der Waals surface area (Å²) in [7, 11) is 1.55. The molecule has 1 heterocycles. The van der Waals surface area contributed by atoms with Crippen LogP contribution in [0.1, 0.15) is 12.5 Å². The number of methoxy groups -OCH3 is 1. The SMILES string of the molecule is COc1cccc(C2(C)CN(CC(=O)O)C(=O)O2)c1. The maximum atomic E-state index is 11.7. The Bertz CT molecular complexity index is 516. The second-order valence-electron chi connectivity index (χ2n) is 4.58. The zero-order chi connectivity index (χ0) is 14.0. The maximum absolute atomic E-state index is 11.7. The van der Waals surface area contributed by atoms with Crippen LogP contribution in [0.25, 0.3) is 0 Å². The number of benzene rings is 1. The van der Waals surface area contributed by atoms with Gasteiger partial charge in [0.25, 0.3) is 0 Å². The van der Waals surface area contributed by atoms with Gasteiger partial charge >= 0.3 is 12.1 Å². The molecule has 0 spiro atoms. The van der Waals surface area contributed by atoms with E-state index in [2.05, 4.69) is 0 Å². The van der Waals surface area contributed by atoms with Gasteiger partial charge in [0.05, 0.1) is 13.7 Å². The Morgan fingerprint density at radius 3 is 2.95 bits per heavy atom. The van der Waals surface area contributed by atoms with E-state index in [4.69, 9.17) is 14.6 Å². The van der Waals surface area contributed by atoms with Crippen molar-refractivity contribution in [3.63, 3.8) is 0 Å². The summed E-state index contributed by atoms with van der Waals surface area (Å²) >= 11 is 0. The summed E-state index contributed by atoms with van der Waals surface area (Å²) < 4.78 is 10.4. The maximum Gasteiger partial charge on any atom is 0.411 e. The van der Waals surface area contributed by atoms with Crippen molar-refractivity contribution in [2.24, 2.45) is 0 Å². The lowest BCUT2D eigenvalue weighted by molar-refractivity contribution is -0.137. The fraction of sp³-hybridized carbons (Fsp3) is 0.385. The third-order valence-corrected chi connectivity index (χ3v) is 3.07. The van der Waals surface area contributed by atoms with E-state index in [1.54, 1.807) is 32.2 Å². The minimum atomic E-state index is -1.06. The second-order valence-corrected chi connectivity index (χ2v) is 4.58. The van der Waals surface area contributed by atoms with E-state index in [1.807, 2.05) is 6.07 Å². The molecular weight excluding hydrogens is 250 g/mol. The highest BCUT2D eigenvalue weighted by atomic mass is 16.6. The van der Waals surface area contributed by atoms with Gasteiger partial charge in [-0.2, -0.15) is 0 Å². The lowest BCUT2D eigenvalue weighted by Crippen LogP contribution is -2.33. The molecule has 1 N–H and O–H groups in total. The molecule has 1 amide bonds. The van der Waals surface area contributed by atoms with Gasteiger partial charge in [-0.25, -0.2) is 4.79 Å². The van der Waals surface area contributed by atoms with Crippen LogP contribution in [0.5, 0.6) is 5.75 Å². The van der Waals surface area contributed by atoms with Crippen LogP contribution >= 0.6 is 0 Å². The smallest absolute Gasteiger partial charge is 0.411 e. The van der Waals surface area contributed by atoms with E-state index in [1.165, 1.54) is 4.90 Å². The van der Waals surface area contributed by atoms with Crippen LogP contribution in [-0.2, 0) is 15.1 Å². The summed E-state index contributed by atoms with van der Waals surface area (Å²) in [6, 6.07) is 7.18. The van der Waals surface area contributed by atoms with E-state index in [-0.39, 0.29) is 13.1 Å². The summed E-state index contributed by atoms with van der Waals surface area (Å²) in [6.07, 6.45) is -0.618. The molecule has 0 saturated carbocycles. The Kier molecular flexibility index (Phi) is 3.33. The third-order valence-electron chi connectivity index (χ3n) is 3.07. The van der Waals surface area contributed by atoms with Crippen molar-refractivity contribution in [1.29, 1.82) is 0 Å². The second kappa shape index (κ2) is 4.79. The zero-order valence-corrected chi connectivity index (χ0v) is 10.8. The number of carbonyl (C=O) groups excluding carboxylic acids is 1. The fourth-order valence-corrected chi connectivity index (χ4v) is 2.10. The summed E-state index contributed by atoms with van der Waals surface area (Å²) in [6.45, 7) is 1.59. The number of aliphatic carboxylic acids is 1. The molecule has 2 rings (SSSR count). The van der Waals surface area contributed by atoms with Crippen molar-refractivity contribution in [2.45, 2.75) is 12.5 Å². The van der Waals surface area contributed by atoms with Gasteiger partial charge in [-0.1, -0.05) is 12.1 Å². The van der Waals surface area contributed by atoms with Crippen molar-refractivity contribution in [2.75, 3.05) is 20.2 Å². The first-order valence-electron chi connectivity index (χ1n) is 5.79. The fourth-order valence-electron chi connectivity index (χ4n) is 2.10. The Labute approximate surface area is 110 Å². The number of hydrogen-bond donors (Lipinski definition) is 1. The molecular formula is C13H15NO5. The molecule has 102 valence electrons. The van der Waals surface area contributed by atoms with Gasteiger partial charge in [-0.05, 0) is 19.1 Å². The van der Waals surface area contributed by atoms with Crippen molar-refractivity contribution in [1.82, 2.24) is 4.90 Å². The number of carbonyl (C=O) groups is 2. The highest BCUT2D eigenvalue weighted by Crippen LogP contribution is 2.34. The molecule has 1 unspecified atom stereocenters. The van der Waals surface area contributed by atoms with E-state index in [0.29, 0.717) is 5.75 Å². The van der Waals surface area contributed by atoms with Gasteiger partial charge in [0, 0.05) is 5.56 Å². The number of rotatable bonds is 4. The van der Waals surface area contributed by atoms with E-state index < -0.39 is 17.7 Å². The molecule has 1 aromatic rings. The minimum Gasteiger partial charge on any atom is -0.497 e. The molecule has 1 aliphatic rings. The number of carboxylic acids is 1. The molecule has 0 radical (unpaired) electrons. The zero-order valence-electron chi connectivity index (χ0n) is 10.8. The van der Waals surface area contributed by atoms with Crippen LogP contribution in [0.4, 0.5) is 4.79 Å². The Morgan fingerprint density at radius 2 is 2.32 bits per heavy atom. The topological polar surface area (TPSA) is 76.1 Å². The van der Waals surface area contributed by atoms with Gasteiger partial charge in [-0.3, -0.25) is 9.69 Å². The number of nitrogens with zero attached hydrogens (tertiary/aromatic N) is 1. The van der Waals surface area contributed by atoms with Crippen LogP contribution in [0.3, 0.4) is 0 Å². The molecule has 1 atom stereocenters. The summed E-state index contributed by atoms with van der Waals surface area (Å²) in [5.74, 6) is -0.404. The molecule has 0 bridgehead atoms. The highest BCUT2D eigenvalue weighted by Gasteiger charge is 2.43. The quantitative estimate of drug-likeness (QED) is 0.891. The van der Waals surface area contributed by atoms with Gasteiger partial charge < -0.3 is 14.6 Å². The van der Waals surface area contributed by atoms with Crippen LogP contribution in [-0.4, -0.2) is 42.3 Å². The first kappa shape index (κ1) is 13.2. The van der Waals surface area contributed by atoms with E-state index in [0.717, 1.165) is 5.56 Å². The number of amides is 1.